The van der Waals surface area contributed by atoms with Crippen LogP contribution in [0.2, 0.25) is 0 Å². The monoisotopic (exact) mass is 358 g/mol. The molecule has 6 unspecified atom stereocenters. The van der Waals surface area contributed by atoms with Gasteiger partial charge in [0.05, 0.1) is 5.41 Å². The second-order valence-corrected chi connectivity index (χ2v) is 8.88. The van der Waals surface area contributed by atoms with Crippen LogP contribution < -0.4 is 0 Å². The lowest BCUT2D eigenvalue weighted by Crippen LogP contribution is -2.58. The molecule has 26 heavy (non-hydrogen) atoms. The molecule has 0 radical (unpaired) electrons. The van der Waals surface area contributed by atoms with Crippen LogP contribution in [0.1, 0.15) is 60.8 Å². The summed E-state index contributed by atoms with van der Waals surface area (Å²) in [6.07, 6.45) is 5.07. The Hall–Kier alpha value is -1.71. The number of carbonyl (C=O) groups is 3. The summed E-state index contributed by atoms with van der Waals surface area (Å²) in [5.41, 5.74) is 0.850. The number of ketones is 2. The van der Waals surface area contributed by atoms with Gasteiger partial charge in [0.25, 0.3) is 0 Å². The molecule has 2 saturated carbocycles. The highest BCUT2D eigenvalue weighted by molar-refractivity contribution is 6.15. The summed E-state index contributed by atoms with van der Waals surface area (Å²) < 4.78 is 5.23. The third-order valence-electron chi connectivity index (χ3n) is 6.92. The van der Waals surface area contributed by atoms with Gasteiger partial charge in [-0.25, -0.2) is 0 Å². The van der Waals surface area contributed by atoms with E-state index in [1.165, 1.54) is 12.5 Å². The molecular weight excluding hydrogens is 328 g/mol. The van der Waals surface area contributed by atoms with Crippen molar-refractivity contribution in [2.75, 3.05) is 0 Å². The summed E-state index contributed by atoms with van der Waals surface area (Å²) >= 11 is 0. The summed E-state index contributed by atoms with van der Waals surface area (Å²) in [6.45, 7) is 11.3. The maximum Gasteiger partial charge on any atom is 0.308 e. The fourth-order valence-corrected chi connectivity index (χ4v) is 6.16. The molecule has 0 aromatic carbocycles. The van der Waals surface area contributed by atoms with Crippen LogP contribution in [0, 0.1) is 35.0 Å². The molecule has 0 aromatic rings. The van der Waals surface area contributed by atoms with E-state index in [9.17, 15) is 14.4 Å². The van der Waals surface area contributed by atoms with Gasteiger partial charge in [-0.2, -0.15) is 0 Å². The van der Waals surface area contributed by atoms with Gasteiger partial charge in [0.15, 0.2) is 11.5 Å². The number of hydrogen-bond acceptors (Lipinski definition) is 4. The molecule has 4 heteroatoms. The molecule has 0 aliphatic heterocycles. The molecule has 0 saturated heterocycles. The summed E-state index contributed by atoms with van der Waals surface area (Å²) in [5, 5.41) is 0. The van der Waals surface area contributed by atoms with Gasteiger partial charge < -0.3 is 4.74 Å². The van der Waals surface area contributed by atoms with E-state index in [-0.39, 0.29) is 35.1 Å². The van der Waals surface area contributed by atoms with Gasteiger partial charge in [-0.05, 0) is 63.7 Å². The Balaban J connectivity index is 2.24. The molecule has 142 valence electrons. The van der Waals surface area contributed by atoms with E-state index in [1.54, 1.807) is 6.92 Å². The molecule has 4 nitrogen and oxygen atoms in total. The van der Waals surface area contributed by atoms with Crippen LogP contribution >= 0.6 is 0 Å². The highest BCUT2D eigenvalue weighted by Gasteiger charge is 2.68. The number of allylic oxidation sites excluding steroid dienone is 4. The molecule has 3 rings (SSSR count). The molecule has 2 fully saturated rings. The molecule has 3 aliphatic carbocycles. The average Bonchev–Trinajstić information content (AvgIpc) is 2.81. The van der Waals surface area contributed by atoms with Crippen molar-refractivity contribution >= 4 is 17.5 Å². The number of Topliss-reactive ketones (excluding diaryl/α,β-unsaturated/α-hetero) is 2. The van der Waals surface area contributed by atoms with E-state index < -0.39 is 17.3 Å². The quantitative estimate of drug-likeness (QED) is 0.547. The molecule has 0 amide bonds. The van der Waals surface area contributed by atoms with Crippen LogP contribution in [0.25, 0.3) is 0 Å². The maximum absolute atomic E-state index is 13.8. The van der Waals surface area contributed by atoms with Crippen molar-refractivity contribution in [3.63, 3.8) is 0 Å². The Kier molecular flexibility index (Phi) is 4.74. The number of ether oxygens (including phenoxy) is 1. The molecule has 3 aliphatic rings. The molecule has 0 N–H and O–H groups in total. The summed E-state index contributed by atoms with van der Waals surface area (Å²) in [7, 11) is 0. The first kappa shape index (κ1) is 19.1. The Bertz CT molecular complexity index is 724. The fourth-order valence-electron chi connectivity index (χ4n) is 6.16. The Morgan fingerprint density at radius 2 is 1.77 bits per heavy atom. The molecular formula is C22H30O4. The first-order valence-corrected chi connectivity index (χ1v) is 9.75. The first-order valence-electron chi connectivity index (χ1n) is 9.75. The van der Waals surface area contributed by atoms with E-state index in [0.29, 0.717) is 11.5 Å². The first-order chi connectivity index (χ1) is 12.1. The summed E-state index contributed by atoms with van der Waals surface area (Å²) in [4.78, 5) is 38.7. The standard InChI is InChI=1S/C22H30O4/c1-11(2)9-16-10-13(4)17-8-7-12(3)18-19(24)20(26-15(6)23)14(5)21(25)22(16,17)18/h9,12-13,16-18H,7-8,10H2,1-6H3. The second kappa shape index (κ2) is 6.47. The van der Waals surface area contributed by atoms with Crippen LogP contribution in [0.5, 0.6) is 0 Å². The summed E-state index contributed by atoms with van der Waals surface area (Å²) in [5.74, 6) is -0.252. The van der Waals surface area contributed by atoms with Gasteiger partial charge in [-0.3, -0.25) is 14.4 Å². The predicted molar refractivity (Wildman–Crippen MR) is 99.0 cm³/mol. The number of hydrogen-bond donors (Lipinski definition) is 0. The van der Waals surface area contributed by atoms with E-state index in [1.807, 2.05) is 0 Å². The lowest BCUT2D eigenvalue weighted by Gasteiger charge is -2.52. The van der Waals surface area contributed by atoms with Gasteiger partial charge in [0.1, 0.15) is 0 Å². The number of esters is 1. The molecule has 6 atom stereocenters. The largest absolute Gasteiger partial charge is 0.422 e. The van der Waals surface area contributed by atoms with Crippen LogP contribution in [-0.2, 0) is 19.1 Å². The highest BCUT2D eigenvalue weighted by atomic mass is 16.5. The van der Waals surface area contributed by atoms with Crippen LogP contribution in [0.4, 0.5) is 0 Å². The molecule has 0 heterocycles. The van der Waals surface area contributed by atoms with Gasteiger partial charge in [0, 0.05) is 18.4 Å². The Morgan fingerprint density at radius 3 is 2.35 bits per heavy atom. The predicted octanol–water partition coefficient (Wildman–Crippen LogP) is 4.25. The third kappa shape index (κ3) is 2.52. The van der Waals surface area contributed by atoms with Crippen molar-refractivity contribution in [2.24, 2.45) is 35.0 Å². The van der Waals surface area contributed by atoms with E-state index in [0.717, 1.165) is 19.3 Å². The van der Waals surface area contributed by atoms with Crippen LogP contribution in [0.15, 0.2) is 23.0 Å². The minimum atomic E-state index is -0.667. The SMILES string of the molecule is CC(=O)OC1=C(C)C(=O)C23C(C=C(C)C)CC(C)C2CCC(C)C3C1=O. The van der Waals surface area contributed by atoms with Gasteiger partial charge >= 0.3 is 5.97 Å². The zero-order chi connectivity index (χ0) is 19.4. The van der Waals surface area contributed by atoms with Crippen molar-refractivity contribution in [1.29, 1.82) is 0 Å². The average molecular weight is 358 g/mol. The van der Waals surface area contributed by atoms with Crippen molar-refractivity contribution in [1.82, 2.24) is 0 Å². The smallest absolute Gasteiger partial charge is 0.308 e. The number of rotatable bonds is 2. The molecule has 0 aromatic heterocycles. The molecule has 0 bridgehead atoms. The fraction of sp³-hybridized carbons (Fsp3) is 0.682. The van der Waals surface area contributed by atoms with Crippen molar-refractivity contribution in [3.05, 3.63) is 23.0 Å². The third-order valence-corrected chi connectivity index (χ3v) is 6.92. The summed E-state index contributed by atoms with van der Waals surface area (Å²) in [6, 6.07) is 0. The molecule has 1 spiro atoms. The Morgan fingerprint density at radius 1 is 1.12 bits per heavy atom. The van der Waals surface area contributed by atoms with Crippen molar-refractivity contribution in [2.45, 2.75) is 60.8 Å². The Labute approximate surface area is 156 Å². The lowest BCUT2D eigenvalue weighted by molar-refractivity contribution is -0.156. The van der Waals surface area contributed by atoms with Crippen molar-refractivity contribution < 1.29 is 19.1 Å². The van der Waals surface area contributed by atoms with Crippen LogP contribution in [-0.4, -0.2) is 17.5 Å². The minimum Gasteiger partial charge on any atom is -0.422 e. The maximum atomic E-state index is 13.8. The van der Waals surface area contributed by atoms with Crippen LogP contribution in [0.3, 0.4) is 0 Å². The van der Waals surface area contributed by atoms with E-state index >= 15 is 0 Å². The minimum absolute atomic E-state index is 0.0128. The van der Waals surface area contributed by atoms with E-state index in [4.69, 9.17) is 4.74 Å². The second-order valence-electron chi connectivity index (χ2n) is 8.88. The highest BCUT2D eigenvalue weighted by Crippen LogP contribution is 2.65. The van der Waals surface area contributed by atoms with E-state index in [2.05, 4.69) is 33.8 Å². The van der Waals surface area contributed by atoms with Crippen molar-refractivity contribution in [3.8, 4) is 0 Å². The van der Waals surface area contributed by atoms with Gasteiger partial charge in [0.2, 0.25) is 5.78 Å². The zero-order valence-corrected chi connectivity index (χ0v) is 16.7. The number of carbonyl (C=O) groups excluding carboxylic acids is 3. The lowest BCUT2D eigenvalue weighted by atomic mass is 9.48. The topological polar surface area (TPSA) is 60.4 Å². The van der Waals surface area contributed by atoms with Gasteiger partial charge in [-0.1, -0.05) is 25.5 Å². The van der Waals surface area contributed by atoms with Gasteiger partial charge in [-0.15, -0.1) is 0 Å². The normalized spacial score (nSPS) is 39.4. The zero-order valence-electron chi connectivity index (χ0n) is 16.7.